The summed E-state index contributed by atoms with van der Waals surface area (Å²) in [4.78, 5) is 9.02. The Morgan fingerprint density at radius 2 is 1.70 bits per heavy atom. The van der Waals surface area contributed by atoms with Crippen LogP contribution in [0, 0.1) is 30.2 Å². The zero-order chi connectivity index (χ0) is 35.9. The van der Waals surface area contributed by atoms with Crippen molar-refractivity contribution in [3.63, 3.8) is 0 Å². The van der Waals surface area contributed by atoms with E-state index in [1.165, 1.54) is 31.8 Å². The first-order valence-corrected chi connectivity index (χ1v) is 19.5. The maximum atomic E-state index is 14.5. The molecule has 0 N–H and O–H groups in total. The van der Waals surface area contributed by atoms with Crippen LogP contribution in [0.25, 0.3) is 42.7 Å². The molecule has 0 aliphatic heterocycles. The monoisotopic (exact) mass is 827 g/mol. The fourth-order valence-electron chi connectivity index (χ4n) is 5.48. The molecule has 0 aliphatic carbocycles. The quantitative estimate of drug-likeness (QED) is 0.128. The number of hydrogen-bond donors (Lipinski definition) is 0. The van der Waals surface area contributed by atoms with Gasteiger partial charge in [-0.3, -0.25) is 4.39 Å². The maximum absolute atomic E-state index is 14.5. The first-order chi connectivity index (χ1) is 22.7. The molecular formula is C40H43FIrN2SSi-2. The van der Waals surface area contributed by atoms with E-state index in [-0.39, 0.29) is 36.6 Å². The van der Waals surface area contributed by atoms with Crippen LogP contribution in [0.4, 0.5) is 4.39 Å². The minimum atomic E-state index is -2.38. The Morgan fingerprint density at radius 1 is 0.957 bits per heavy atom. The summed E-state index contributed by atoms with van der Waals surface area (Å²) >= 11 is 1.83. The van der Waals surface area contributed by atoms with E-state index in [9.17, 15) is 4.39 Å². The van der Waals surface area contributed by atoms with Crippen molar-refractivity contribution in [3.8, 4) is 22.5 Å². The minimum Gasteiger partial charge on any atom is -0.305 e. The van der Waals surface area contributed by atoms with Gasteiger partial charge in [0.05, 0.1) is 8.07 Å². The molecule has 0 aliphatic rings. The molecule has 3 aromatic carbocycles. The van der Waals surface area contributed by atoms with E-state index >= 15 is 0 Å². The number of fused-ring (bicyclic) bond motifs is 3. The summed E-state index contributed by atoms with van der Waals surface area (Å²) in [6.45, 7) is 14.6. The number of benzene rings is 3. The SMILES string of the molecule is CC(C)(C)Cc1ccnc(-c2[c-]ccc3c2sc2ccccc23)c1.[2H]C([2H])([2H])c1c[c-]c(-c2cc(C([2H])(C)C)c([Si](C)(C)C)cn2)c(F)c1.[Ir]. The van der Waals surface area contributed by atoms with E-state index in [0.29, 0.717) is 5.69 Å². The molecule has 0 fully saturated rings. The first kappa shape index (κ1) is 30.3. The number of nitrogens with zero attached hydrogens (tertiary/aromatic N) is 2. The van der Waals surface area contributed by atoms with E-state index in [2.05, 4.69) is 105 Å². The summed E-state index contributed by atoms with van der Waals surface area (Å²) in [6, 6.07) is 27.3. The van der Waals surface area contributed by atoms with Crippen LogP contribution in [0.3, 0.4) is 0 Å². The third kappa shape index (κ3) is 8.27. The summed E-state index contributed by atoms with van der Waals surface area (Å²) < 4.78 is 47.6. The van der Waals surface area contributed by atoms with Crippen LogP contribution in [0.5, 0.6) is 0 Å². The molecule has 241 valence electrons. The Bertz CT molecular complexity index is 2130. The van der Waals surface area contributed by atoms with Gasteiger partial charge in [-0.15, -0.1) is 47.5 Å². The molecule has 0 bridgehead atoms. The molecule has 3 heterocycles. The molecule has 46 heavy (non-hydrogen) atoms. The van der Waals surface area contributed by atoms with E-state index in [4.69, 9.17) is 5.48 Å². The second-order valence-electron chi connectivity index (χ2n) is 14.0. The van der Waals surface area contributed by atoms with Crippen molar-refractivity contribution < 1.29 is 30.0 Å². The van der Waals surface area contributed by atoms with Gasteiger partial charge < -0.3 is 9.97 Å². The van der Waals surface area contributed by atoms with Gasteiger partial charge in [0.15, 0.2) is 0 Å². The average molecular weight is 827 g/mol. The van der Waals surface area contributed by atoms with Gasteiger partial charge in [-0.05, 0) is 56.5 Å². The Hall–Kier alpha value is -3.02. The Labute approximate surface area is 298 Å². The molecule has 6 rings (SSSR count). The standard InChI is InChI=1S/C22H20NS.C18H23FNSi.Ir/c1-22(2,3)14-15-11-12-23-19(13-15)18-9-6-8-17-16-7-4-5-10-20(16)24-21(17)18;1-12(2)15-10-17(20-11-18(15)21(4,5)6)14-8-7-13(3)9-16(14)19;/h4-8,10-13H,14H2,1-3H3;7,9-12H,1-6H3;/q2*-1;/i;3D3,12D;. The van der Waals surface area contributed by atoms with Crippen molar-refractivity contribution in [3.05, 3.63) is 114 Å². The van der Waals surface area contributed by atoms with Gasteiger partial charge in [0.1, 0.15) is 0 Å². The number of aromatic nitrogens is 2. The van der Waals surface area contributed by atoms with Gasteiger partial charge in [0, 0.05) is 48.5 Å². The Morgan fingerprint density at radius 3 is 2.37 bits per heavy atom. The van der Waals surface area contributed by atoms with E-state index in [1.807, 2.05) is 23.6 Å². The number of pyridine rings is 2. The first-order valence-electron chi connectivity index (χ1n) is 17.2. The van der Waals surface area contributed by atoms with E-state index < -0.39 is 26.6 Å². The maximum Gasteiger partial charge on any atom is 0.0799 e. The number of thiophene rings is 1. The second kappa shape index (κ2) is 14.4. The topological polar surface area (TPSA) is 25.8 Å². The van der Waals surface area contributed by atoms with Crippen molar-refractivity contribution in [1.29, 1.82) is 0 Å². The van der Waals surface area contributed by atoms with Crippen LogP contribution in [0.1, 0.15) is 62.7 Å². The predicted octanol–water partition coefficient (Wildman–Crippen LogP) is 11.2. The molecule has 6 heteroatoms. The van der Waals surface area contributed by atoms with Crippen molar-refractivity contribution in [1.82, 2.24) is 9.97 Å². The third-order valence-corrected chi connectivity index (χ3v) is 10.8. The molecule has 0 spiro atoms. The van der Waals surface area contributed by atoms with Gasteiger partial charge in [0.25, 0.3) is 0 Å². The number of rotatable bonds is 5. The predicted molar refractivity (Wildman–Crippen MR) is 195 cm³/mol. The van der Waals surface area contributed by atoms with Crippen molar-refractivity contribution in [2.45, 2.75) is 73.4 Å². The van der Waals surface area contributed by atoms with Crippen LogP contribution in [-0.2, 0) is 26.5 Å². The van der Waals surface area contributed by atoms with Gasteiger partial charge in [-0.25, -0.2) is 0 Å². The second-order valence-corrected chi connectivity index (χ2v) is 20.0. The van der Waals surface area contributed by atoms with E-state index in [0.717, 1.165) is 34.5 Å². The summed E-state index contributed by atoms with van der Waals surface area (Å²) in [5.41, 5.74) is 4.97. The summed E-state index contributed by atoms with van der Waals surface area (Å²) in [5.74, 6) is -1.52. The van der Waals surface area contributed by atoms with Crippen LogP contribution in [0.2, 0.25) is 19.6 Å². The normalized spacial score (nSPS) is 13.6. The minimum absolute atomic E-state index is 0. The van der Waals surface area contributed by atoms with Crippen LogP contribution in [0.15, 0.2) is 79.1 Å². The molecule has 6 aromatic rings. The van der Waals surface area contributed by atoms with Gasteiger partial charge in [-0.2, -0.15) is 11.3 Å². The molecule has 0 saturated carbocycles. The van der Waals surface area contributed by atoms with Gasteiger partial charge in [0.2, 0.25) is 0 Å². The van der Waals surface area contributed by atoms with Crippen LogP contribution in [-0.4, -0.2) is 18.0 Å². The molecule has 0 saturated heterocycles. The smallest absolute Gasteiger partial charge is 0.0799 e. The number of halogens is 1. The van der Waals surface area contributed by atoms with Crippen LogP contribution < -0.4 is 5.19 Å². The van der Waals surface area contributed by atoms with Gasteiger partial charge >= 0.3 is 0 Å². The van der Waals surface area contributed by atoms with Gasteiger partial charge in [-0.1, -0.05) is 114 Å². The van der Waals surface area contributed by atoms with Crippen molar-refractivity contribution in [2.75, 3.05) is 0 Å². The zero-order valence-corrected chi connectivity index (χ0v) is 31.9. The Kier molecular flexibility index (Phi) is 9.49. The molecule has 0 unspecified atom stereocenters. The third-order valence-electron chi connectivity index (χ3n) is 7.55. The molecular weight excluding hydrogens is 780 g/mol. The van der Waals surface area contributed by atoms with Crippen molar-refractivity contribution in [2.24, 2.45) is 5.41 Å². The number of hydrogen-bond acceptors (Lipinski definition) is 3. The Balaban J connectivity index is 0.000000220. The molecule has 1 radical (unpaired) electrons. The summed E-state index contributed by atoms with van der Waals surface area (Å²) in [7, 11) is -1.72. The largest absolute Gasteiger partial charge is 0.305 e. The summed E-state index contributed by atoms with van der Waals surface area (Å²) in [6.07, 6.45) is 4.71. The molecule has 3 aromatic heterocycles. The number of aryl methyl sites for hydroxylation is 1. The van der Waals surface area contributed by atoms with Crippen LogP contribution >= 0.6 is 11.3 Å². The fourth-order valence-corrected chi connectivity index (χ4v) is 8.27. The van der Waals surface area contributed by atoms with E-state index in [1.54, 1.807) is 26.1 Å². The zero-order valence-electron chi connectivity index (χ0n) is 31.7. The fraction of sp³-hybridized carbons (Fsp3) is 0.300. The molecule has 0 amide bonds. The van der Waals surface area contributed by atoms with Crippen molar-refractivity contribution >= 4 is 44.8 Å². The average Bonchev–Trinajstić information content (AvgIpc) is 3.38. The molecule has 2 nitrogen and oxygen atoms in total. The molecule has 0 atom stereocenters. The summed E-state index contributed by atoms with van der Waals surface area (Å²) in [5, 5.41) is 3.68.